The Morgan fingerprint density at radius 2 is 1.72 bits per heavy atom. The van der Waals surface area contributed by atoms with E-state index in [0.717, 1.165) is 5.56 Å². The van der Waals surface area contributed by atoms with Crippen LogP contribution in [0, 0.1) is 6.92 Å². The monoisotopic (exact) mass is 349 g/mol. The highest BCUT2D eigenvalue weighted by Gasteiger charge is 2.19. The van der Waals surface area contributed by atoms with Gasteiger partial charge in [-0.2, -0.15) is 0 Å². The minimum atomic E-state index is -0.839. The Morgan fingerprint density at radius 1 is 1.12 bits per heavy atom. The van der Waals surface area contributed by atoms with Crippen LogP contribution < -0.4 is 5.32 Å². The van der Waals surface area contributed by atoms with E-state index in [1.165, 1.54) is 0 Å². The summed E-state index contributed by atoms with van der Waals surface area (Å²) in [5, 5.41) is 2.57. The molecule has 1 amide bonds. The molecule has 6 nitrogen and oxygen atoms in total. The summed E-state index contributed by atoms with van der Waals surface area (Å²) in [5.74, 6) is -0.709. The third kappa shape index (κ3) is 8.33. The molecule has 138 valence electrons. The summed E-state index contributed by atoms with van der Waals surface area (Å²) in [6, 6.07) is 7.10. The molecule has 0 spiro atoms. The number of Topliss-reactive ketones (excluding diaryl/α,β-unsaturated/α-hetero) is 1. The Bertz CT molecular complexity index is 601. The molecule has 1 N–H and O–H groups in total. The van der Waals surface area contributed by atoms with E-state index >= 15 is 0 Å². The minimum Gasteiger partial charge on any atom is -0.454 e. The van der Waals surface area contributed by atoms with Gasteiger partial charge in [-0.15, -0.1) is 0 Å². The highest BCUT2D eigenvalue weighted by molar-refractivity contribution is 6.00. The first-order valence-corrected chi connectivity index (χ1v) is 8.35. The van der Waals surface area contributed by atoms with Gasteiger partial charge in [-0.25, -0.2) is 4.79 Å². The van der Waals surface area contributed by atoms with Crippen LogP contribution >= 0.6 is 0 Å². The summed E-state index contributed by atoms with van der Waals surface area (Å²) in [6.07, 6.45) is -0.844. The fourth-order valence-corrected chi connectivity index (χ4v) is 2.00. The average Bonchev–Trinajstić information content (AvgIpc) is 2.50. The van der Waals surface area contributed by atoms with E-state index in [1.807, 2.05) is 19.1 Å². The quantitative estimate of drug-likeness (QED) is 0.463. The van der Waals surface area contributed by atoms with E-state index in [0.29, 0.717) is 18.5 Å². The molecule has 25 heavy (non-hydrogen) atoms. The van der Waals surface area contributed by atoms with Gasteiger partial charge in [-0.3, -0.25) is 9.59 Å². The number of hydrogen-bond donors (Lipinski definition) is 1. The Labute approximate surface area is 148 Å². The van der Waals surface area contributed by atoms with Crippen molar-refractivity contribution in [2.45, 2.75) is 59.2 Å². The predicted octanol–water partition coefficient (Wildman–Crippen LogP) is 3.41. The summed E-state index contributed by atoms with van der Waals surface area (Å²) < 4.78 is 10.2. The predicted molar refractivity (Wildman–Crippen MR) is 94.5 cm³/mol. The molecule has 0 unspecified atom stereocenters. The number of hydrogen-bond acceptors (Lipinski definition) is 5. The number of amides is 1. The maximum absolute atomic E-state index is 12.2. The third-order valence-corrected chi connectivity index (χ3v) is 3.24. The van der Waals surface area contributed by atoms with Crippen molar-refractivity contribution in [3.05, 3.63) is 35.4 Å². The molecule has 0 saturated carbocycles. The standard InChI is InChI=1S/C19H27NO5/c1-13-8-10-15(11-9-13)17(22)14(2)24-16(21)7-6-12-20-18(23)25-19(3,4)5/h8-11,14H,6-7,12H2,1-5H3,(H,20,23)/t14-/m0/s1. The fraction of sp³-hybridized carbons (Fsp3) is 0.526. The maximum atomic E-state index is 12.2. The van der Waals surface area contributed by atoms with Gasteiger partial charge in [0.05, 0.1) is 0 Å². The van der Waals surface area contributed by atoms with Gasteiger partial charge in [-0.1, -0.05) is 29.8 Å². The lowest BCUT2D eigenvalue weighted by Crippen LogP contribution is -2.33. The molecule has 0 aliphatic rings. The van der Waals surface area contributed by atoms with Crippen LogP contribution in [0.5, 0.6) is 0 Å². The van der Waals surface area contributed by atoms with Gasteiger partial charge in [0.1, 0.15) is 5.60 Å². The molecule has 6 heteroatoms. The van der Waals surface area contributed by atoms with Gasteiger partial charge in [0.2, 0.25) is 5.78 Å². The zero-order chi connectivity index (χ0) is 19.0. The molecule has 1 aromatic rings. The highest BCUT2D eigenvalue weighted by Crippen LogP contribution is 2.10. The van der Waals surface area contributed by atoms with E-state index in [9.17, 15) is 14.4 Å². The molecule has 0 aliphatic carbocycles. The van der Waals surface area contributed by atoms with Crippen molar-refractivity contribution in [1.29, 1.82) is 0 Å². The summed E-state index contributed by atoms with van der Waals surface area (Å²) in [6.45, 7) is 9.11. The van der Waals surface area contributed by atoms with Crippen LogP contribution in [-0.2, 0) is 14.3 Å². The number of benzene rings is 1. The van der Waals surface area contributed by atoms with Crippen molar-refractivity contribution in [3.63, 3.8) is 0 Å². The number of carbonyl (C=O) groups excluding carboxylic acids is 3. The Kier molecular flexibility index (Phi) is 7.61. The first-order chi connectivity index (χ1) is 11.6. The van der Waals surface area contributed by atoms with E-state index in [2.05, 4.69) is 5.32 Å². The van der Waals surface area contributed by atoms with Crippen molar-refractivity contribution in [1.82, 2.24) is 5.32 Å². The van der Waals surface area contributed by atoms with E-state index in [-0.39, 0.29) is 12.2 Å². The van der Waals surface area contributed by atoms with Gasteiger partial charge in [0.15, 0.2) is 6.10 Å². The fourth-order valence-electron chi connectivity index (χ4n) is 2.00. The number of ketones is 1. The second-order valence-corrected chi connectivity index (χ2v) is 6.89. The Morgan fingerprint density at radius 3 is 2.28 bits per heavy atom. The van der Waals surface area contributed by atoms with Crippen LogP contribution in [0.2, 0.25) is 0 Å². The van der Waals surface area contributed by atoms with Crippen LogP contribution in [0.25, 0.3) is 0 Å². The molecular formula is C19H27NO5. The van der Waals surface area contributed by atoms with Crippen LogP contribution in [-0.4, -0.2) is 36.1 Å². The molecular weight excluding hydrogens is 322 g/mol. The summed E-state index contributed by atoms with van der Waals surface area (Å²) in [5.41, 5.74) is 1.01. The van der Waals surface area contributed by atoms with E-state index < -0.39 is 23.8 Å². The van der Waals surface area contributed by atoms with Crippen LogP contribution in [0.1, 0.15) is 56.5 Å². The second kappa shape index (κ2) is 9.20. The number of ether oxygens (including phenoxy) is 2. The topological polar surface area (TPSA) is 81.7 Å². The Hall–Kier alpha value is -2.37. The van der Waals surface area contributed by atoms with E-state index in [1.54, 1.807) is 39.8 Å². The smallest absolute Gasteiger partial charge is 0.407 e. The Balaban J connectivity index is 2.30. The third-order valence-electron chi connectivity index (χ3n) is 3.24. The van der Waals surface area contributed by atoms with E-state index in [4.69, 9.17) is 9.47 Å². The largest absolute Gasteiger partial charge is 0.454 e. The molecule has 1 atom stereocenters. The first kappa shape index (κ1) is 20.7. The van der Waals surface area contributed by atoms with Gasteiger partial charge < -0.3 is 14.8 Å². The lowest BCUT2D eigenvalue weighted by molar-refractivity contribution is -0.146. The van der Waals surface area contributed by atoms with Crippen molar-refractivity contribution in [2.24, 2.45) is 0 Å². The van der Waals surface area contributed by atoms with Crippen LogP contribution in [0.15, 0.2) is 24.3 Å². The number of nitrogens with one attached hydrogen (secondary N) is 1. The van der Waals surface area contributed by atoms with Crippen molar-refractivity contribution in [3.8, 4) is 0 Å². The van der Waals surface area contributed by atoms with Gasteiger partial charge in [-0.05, 0) is 41.0 Å². The number of rotatable bonds is 7. The molecule has 0 fully saturated rings. The SMILES string of the molecule is Cc1ccc(C(=O)[C@H](C)OC(=O)CCCNC(=O)OC(C)(C)C)cc1. The number of aryl methyl sites for hydroxylation is 1. The lowest BCUT2D eigenvalue weighted by atomic mass is 10.1. The van der Waals surface area contributed by atoms with Gasteiger partial charge >= 0.3 is 12.1 Å². The molecule has 1 aromatic carbocycles. The van der Waals surface area contributed by atoms with Crippen LogP contribution in [0.4, 0.5) is 4.79 Å². The second-order valence-electron chi connectivity index (χ2n) is 6.89. The normalized spacial score (nSPS) is 12.2. The van der Waals surface area contributed by atoms with Crippen molar-refractivity contribution >= 4 is 17.8 Å². The van der Waals surface area contributed by atoms with Gasteiger partial charge in [0.25, 0.3) is 0 Å². The molecule has 0 radical (unpaired) electrons. The zero-order valence-corrected chi connectivity index (χ0v) is 15.5. The van der Waals surface area contributed by atoms with Crippen molar-refractivity contribution < 1.29 is 23.9 Å². The summed E-state index contributed by atoms with van der Waals surface area (Å²) in [4.78, 5) is 35.4. The number of carbonyl (C=O) groups is 3. The van der Waals surface area contributed by atoms with Crippen LogP contribution in [0.3, 0.4) is 0 Å². The summed E-state index contributed by atoms with van der Waals surface area (Å²) >= 11 is 0. The maximum Gasteiger partial charge on any atom is 0.407 e. The number of esters is 1. The molecule has 0 heterocycles. The zero-order valence-electron chi connectivity index (χ0n) is 15.5. The average molecular weight is 349 g/mol. The molecule has 0 aliphatic heterocycles. The molecule has 1 rings (SSSR count). The first-order valence-electron chi connectivity index (χ1n) is 8.35. The molecule has 0 saturated heterocycles. The van der Waals surface area contributed by atoms with Gasteiger partial charge in [0, 0.05) is 18.5 Å². The number of alkyl carbamates (subject to hydrolysis) is 1. The molecule has 0 aromatic heterocycles. The minimum absolute atomic E-state index is 0.112. The lowest BCUT2D eigenvalue weighted by Gasteiger charge is -2.19. The van der Waals surface area contributed by atoms with Crippen molar-refractivity contribution in [2.75, 3.05) is 6.54 Å². The summed E-state index contributed by atoms with van der Waals surface area (Å²) in [7, 11) is 0. The molecule has 0 bridgehead atoms. The highest BCUT2D eigenvalue weighted by atomic mass is 16.6.